The van der Waals surface area contributed by atoms with Gasteiger partial charge in [-0.15, -0.1) is 25.5 Å². The van der Waals surface area contributed by atoms with Crippen LogP contribution in [-0.4, -0.2) is 0 Å². The van der Waals surface area contributed by atoms with Gasteiger partial charge in [0.25, 0.3) is 0 Å². The molecule has 0 rings (SSSR count). The number of allylic oxidation sites excluding steroid dienone is 5. The fourth-order valence-electron chi connectivity index (χ4n) is 1.45. The lowest BCUT2D eigenvalue weighted by Crippen LogP contribution is -2.07. The lowest BCUT2D eigenvalue weighted by atomic mass is 9.84. The molecule has 0 saturated heterocycles. The molecule has 0 spiro atoms. The van der Waals surface area contributed by atoms with Crippen molar-refractivity contribution in [3.8, 4) is 12.3 Å². The summed E-state index contributed by atoms with van der Waals surface area (Å²) in [5.41, 5.74) is 5.34. The molecule has 0 aromatic rings. The fraction of sp³-hybridized carbons (Fsp3) is 0.625. The summed E-state index contributed by atoms with van der Waals surface area (Å²) in [5.74, 6) is 2.25. The molecule has 0 nitrogen and oxygen atoms in total. The van der Waals surface area contributed by atoms with Gasteiger partial charge in [0.2, 0.25) is 0 Å². The summed E-state index contributed by atoms with van der Waals surface area (Å²) in [4.78, 5) is 0. The Morgan fingerprint density at radius 1 is 0.844 bits per heavy atom. The molecular weight excluding hydrogens is 384 g/mol. The van der Waals surface area contributed by atoms with Gasteiger partial charge in [-0.3, -0.25) is 0 Å². The molecule has 0 atom stereocenters. The molecule has 190 valence electrons. The van der Waals surface area contributed by atoms with E-state index in [0.717, 1.165) is 36.0 Å². The summed E-state index contributed by atoms with van der Waals surface area (Å²) in [6.45, 7) is 47.9. The molecule has 0 saturated carbocycles. The average molecular weight is 447 g/mol. The maximum atomic E-state index is 4.60. The molecule has 0 bridgehead atoms. The summed E-state index contributed by atoms with van der Waals surface area (Å²) in [6.07, 6.45) is 11.2. The van der Waals surface area contributed by atoms with Crippen molar-refractivity contribution in [2.45, 2.75) is 123 Å². The Hall–Kier alpha value is -1.74. The molecule has 0 heterocycles. The highest BCUT2D eigenvalue weighted by Gasteiger charge is 2.14. The smallest absolute Gasteiger partial charge is 0.00297 e. The third-order valence-corrected chi connectivity index (χ3v) is 4.13. The van der Waals surface area contributed by atoms with Crippen molar-refractivity contribution >= 4 is 0 Å². The minimum Gasteiger partial charge on any atom is -0.120 e. The van der Waals surface area contributed by atoms with Crippen LogP contribution in [0.5, 0.6) is 0 Å². The summed E-state index contributed by atoms with van der Waals surface area (Å²) in [6, 6.07) is 0. The second kappa shape index (κ2) is 29.3. The highest BCUT2D eigenvalue weighted by atomic mass is 14.2. The Kier molecular flexibility index (Phi) is 40.2. The van der Waals surface area contributed by atoms with E-state index in [-0.39, 0.29) is 5.41 Å². The Bertz CT molecular complexity index is 504. The van der Waals surface area contributed by atoms with Crippen molar-refractivity contribution in [1.82, 2.24) is 0 Å². The Morgan fingerprint density at radius 3 is 1.34 bits per heavy atom. The van der Waals surface area contributed by atoms with Crippen LogP contribution in [0.1, 0.15) is 123 Å². The molecule has 0 heteroatoms. The normalized spacial score (nSPS) is 9.59. The summed E-state index contributed by atoms with van der Waals surface area (Å²) >= 11 is 0. The maximum absolute atomic E-state index is 4.60. The van der Waals surface area contributed by atoms with E-state index in [9.17, 15) is 0 Å². The molecule has 0 N–H and O–H groups in total. The van der Waals surface area contributed by atoms with Crippen LogP contribution in [-0.2, 0) is 0 Å². The van der Waals surface area contributed by atoms with E-state index >= 15 is 0 Å². The first-order valence-corrected chi connectivity index (χ1v) is 12.4. The molecule has 0 fully saturated rings. The van der Waals surface area contributed by atoms with Gasteiger partial charge in [-0.2, -0.15) is 0 Å². The third kappa shape index (κ3) is 35.7. The van der Waals surface area contributed by atoms with E-state index in [0.29, 0.717) is 5.41 Å². The molecular formula is C32H62. The quantitative estimate of drug-likeness (QED) is 0.216. The van der Waals surface area contributed by atoms with Crippen molar-refractivity contribution in [2.75, 3.05) is 0 Å². The lowest BCUT2D eigenvalue weighted by Gasteiger charge is -2.21. The summed E-state index contributed by atoms with van der Waals surface area (Å²) in [7, 11) is 0. The van der Waals surface area contributed by atoms with Crippen LogP contribution in [0.4, 0.5) is 0 Å². The van der Waals surface area contributed by atoms with Gasteiger partial charge in [-0.25, -0.2) is 0 Å². The first-order valence-electron chi connectivity index (χ1n) is 12.4. The van der Waals surface area contributed by atoms with Gasteiger partial charge >= 0.3 is 0 Å². The van der Waals surface area contributed by atoms with Gasteiger partial charge in [0.15, 0.2) is 0 Å². The summed E-state index contributed by atoms with van der Waals surface area (Å²) < 4.78 is 0. The van der Waals surface area contributed by atoms with Crippen LogP contribution in [0.15, 0.2) is 61.3 Å². The van der Waals surface area contributed by atoms with Crippen LogP contribution in [0.25, 0.3) is 0 Å². The van der Waals surface area contributed by atoms with Crippen LogP contribution in [0.3, 0.4) is 0 Å². The highest BCUT2D eigenvalue weighted by molar-refractivity contribution is 5.46. The van der Waals surface area contributed by atoms with E-state index in [2.05, 4.69) is 114 Å². The van der Waals surface area contributed by atoms with E-state index < -0.39 is 0 Å². The lowest BCUT2D eigenvalue weighted by molar-refractivity contribution is 0.398. The SMILES string of the molecule is C#CC.C=C.C=C(CC)C(=C)/C(=C\C(=C)C(C)(C)C)CCC.CC.CC.CCC(C)(C)C. The fourth-order valence-corrected chi connectivity index (χ4v) is 1.45. The molecule has 0 aromatic carbocycles. The molecule has 0 aliphatic carbocycles. The standard InChI is InChI=1S/C17H28.C6H14.C3H4.2C2H6.C2H4/c1-9-11-16(15(5)13(3)10-2)12-14(4)17(6,7)8;1-5-6(2,3)4;1-3-2;3*1-2/h12H,3-5,9-11H2,1-2,6-8H3;5H2,1-4H3;1H,2H3;2*1-2H3;1-2H2/b16-12-;;;;;. The Morgan fingerprint density at radius 2 is 1.16 bits per heavy atom. The minimum absolute atomic E-state index is 0.118. The first kappa shape index (κ1) is 44.0. The predicted molar refractivity (Wildman–Crippen MR) is 158 cm³/mol. The minimum atomic E-state index is 0.118. The zero-order valence-electron chi connectivity index (χ0n) is 25.0. The molecule has 0 aliphatic rings. The first-order chi connectivity index (χ1) is 14.7. The van der Waals surface area contributed by atoms with Gasteiger partial charge in [-0.1, -0.05) is 129 Å². The van der Waals surface area contributed by atoms with Crippen LogP contribution in [0.2, 0.25) is 0 Å². The summed E-state index contributed by atoms with van der Waals surface area (Å²) in [5, 5.41) is 0. The van der Waals surface area contributed by atoms with Crippen molar-refractivity contribution < 1.29 is 0 Å². The molecule has 0 amide bonds. The van der Waals surface area contributed by atoms with E-state index in [1.807, 2.05) is 27.7 Å². The number of hydrogen-bond acceptors (Lipinski definition) is 0. The van der Waals surface area contributed by atoms with Crippen molar-refractivity contribution in [3.63, 3.8) is 0 Å². The van der Waals surface area contributed by atoms with Gasteiger partial charge in [0.1, 0.15) is 0 Å². The molecule has 0 aromatic heterocycles. The van der Waals surface area contributed by atoms with E-state index in [1.165, 1.54) is 12.0 Å². The van der Waals surface area contributed by atoms with Crippen molar-refractivity contribution in [1.29, 1.82) is 0 Å². The average Bonchev–Trinajstić information content (AvgIpc) is 2.76. The topological polar surface area (TPSA) is 0 Å². The van der Waals surface area contributed by atoms with Crippen LogP contribution in [0, 0.1) is 23.2 Å². The monoisotopic (exact) mass is 446 g/mol. The van der Waals surface area contributed by atoms with Crippen molar-refractivity contribution in [3.05, 3.63) is 61.3 Å². The van der Waals surface area contributed by atoms with Gasteiger partial charge in [-0.05, 0) is 52.9 Å². The second-order valence-electron chi connectivity index (χ2n) is 8.83. The molecule has 0 aliphatic heterocycles. The molecule has 0 radical (unpaired) electrons. The highest BCUT2D eigenvalue weighted by Crippen LogP contribution is 2.30. The predicted octanol–water partition coefficient (Wildman–Crippen LogP) is 11.8. The number of hydrogen-bond donors (Lipinski definition) is 0. The Balaban J connectivity index is -0.0000000928. The zero-order valence-corrected chi connectivity index (χ0v) is 25.0. The largest absolute Gasteiger partial charge is 0.120 e. The molecule has 0 unspecified atom stereocenters. The van der Waals surface area contributed by atoms with Crippen molar-refractivity contribution in [2.24, 2.45) is 10.8 Å². The van der Waals surface area contributed by atoms with Gasteiger partial charge < -0.3 is 0 Å². The number of rotatable bonds is 6. The van der Waals surface area contributed by atoms with Crippen LogP contribution >= 0.6 is 0 Å². The maximum Gasteiger partial charge on any atom is -0.00297 e. The second-order valence-corrected chi connectivity index (χ2v) is 8.83. The van der Waals surface area contributed by atoms with E-state index in [4.69, 9.17) is 0 Å². The number of terminal acetylenes is 1. The van der Waals surface area contributed by atoms with E-state index in [1.54, 1.807) is 6.92 Å². The van der Waals surface area contributed by atoms with Gasteiger partial charge in [0, 0.05) is 0 Å². The van der Waals surface area contributed by atoms with Crippen LogP contribution < -0.4 is 0 Å². The third-order valence-electron chi connectivity index (χ3n) is 4.13. The Labute approximate surface area is 207 Å². The zero-order chi connectivity index (χ0) is 27.6. The molecule has 32 heavy (non-hydrogen) atoms. The van der Waals surface area contributed by atoms with Gasteiger partial charge in [0.05, 0.1) is 0 Å².